The van der Waals surface area contributed by atoms with Crippen molar-refractivity contribution in [3.05, 3.63) is 0 Å². The number of ether oxygens (including phenoxy) is 2. The largest absolute Gasteiger partial charge is 0.379 e. The molecule has 2 aliphatic rings. The van der Waals surface area contributed by atoms with Crippen molar-refractivity contribution in [3.8, 4) is 0 Å². The van der Waals surface area contributed by atoms with E-state index in [1.54, 1.807) is 0 Å². The molecule has 0 aromatic rings. The van der Waals surface area contributed by atoms with Crippen molar-refractivity contribution in [2.45, 2.75) is 38.2 Å². The molecule has 2 aliphatic heterocycles. The molecular weight excluding hydrogens is 190 g/mol. The normalized spacial score (nSPS) is 28.4. The molecule has 15 heavy (non-hydrogen) atoms. The van der Waals surface area contributed by atoms with Gasteiger partial charge in [-0.05, 0) is 51.1 Å². The van der Waals surface area contributed by atoms with E-state index >= 15 is 0 Å². The summed E-state index contributed by atoms with van der Waals surface area (Å²) in [5.41, 5.74) is 0. The quantitative estimate of drug-likeness (QED) is 0.703. The van der Waals surface area contributed by atoms with Crippen molar-refractivity contribution in [3.63, 3.8) is 0 Å². The van der Waals surface area contributed by atoms with Crippen molar-refractivity contribution < 1.29 is 9.47 Å². The van der Waals surface area contributed by atoms with E-state index in [2.05, 4.69) is 5.32 Å². The van der Waals surface area contributed by atoms with Gasteiger partial charge in [-0.25, -0.2) is 0 Å². The summed E-state index contributed by atoms with van der Waals surface area (Å²) in [7, 11) is 0. The minimum atomic E-state index is 0.387. The minimum Gasteiger partial charge on any atom is -0.379 e. The van der Waals surface area contributed by atoms with Gasteiger partial charge in [0, 0.05) is 13.2 Å². The molecule has 0 aromatic heterocycles. The lowest BCUT2D eigenvalue weighted by atomic mass is 9.95. The molecule has 3 heteroatoms. The highest BCUT2D eigenvalue weighted by molar-refractivity contribution is 4.68. The third-order valence-electron chi connectivity index (χ3n) is 3.46. The molecule has 0 saturated carbocycles. The summed E-state index contributed by atoms with van der Waals surface area (Å²) >= 11 is 0. The predicted octanol–water partition coefficient (Wildman–Crippen LogP) is 1.57. The van der Waals surface area contributed by atoms with Crippen LogP contribution in [-0.2, 0) is 9.47 Å². The van der Waals surface area contributed by atoms with Gasteiger partial charge < -0.3 is 14.8 Å². The van der Waals surface area contributed by atoms with Crippen LogP contribution in [0.15, 0.2) is 0 Å². The first-order valence-electron chi connectivity index (χ1n) is 6.35. The molecule has 3 nitrogen and oxygen atoms in total. The summed E-state index contributed by atoms with van der Waals surface area (Å²) in [6.07, 6.45) is 6.66. The summed E-state index contributed by atoms with van der Waals surface area (Å²) in [6, 6.07) is 0. The highest BCUT2D eigenvalue weighted by Gasteiger charge is 2.16. The second kappa shape index (κ2) is 6.46. The zero-order valence-electron chi connectivity index (χ0n) is 9.54. The van der Waals surface area contributed by atoms with Crippen LogP contribution in [0.1, 0.15) is 32.1 Å². The van der Waals surface area contributed by atoms with E-state index in [-0.39, 0.29) is 0 Å². The number of hydrogen-bond donors (Lipinski definition) is 1. The Bertz CT molecular complexity index is 163. The van der Waals surface area contributed by atoms with Crippen LogP contribution >= 0.6 is 0 Å². The van der Waals surface area contributed by atoms with Crippen molar-refractivity contribution in [2.75, 3.05) is 32.9 Å². The van der Waals surface area contributed by atoms with E-state index in [4.69, 9.17) is 9.47 Å². The lowest BCUT2D eigenvalue weighted by Crippen LogP contribution is -2.28. The molecule has 0 aromatic carbocycles. The first kappa shape index (κ1) is 11.4. The van der Waals surface area contributed by atoms with E-state index < -0.39 is 0 Å². The first-order valence-corrected chi connectivity index (χ1v) is 6.35. The summed E-state index contributed by atoms with van der Waals surface area (Å²) in [6.45, 7) is 5.05. The maximum atomic E-state index is 5.67. The Hall–Kier alpha value is -0.120. The lowest BCUT2D eigenvalue weighted by molar-refractivity contribution is 0.0123. The fraction of sp³-hybridized carbons (Fsp3) is 1.00. The molecule has 0 amide bonds. The maximum absolute atomic E-state index is 5.67. The molecule has 1 unspecified atom stereocenters. The number of hydrogen-bond acceptors (Lipinski definition) is 3. The van der Waals surface area contributed by atoms with Crippen LogP contribution < -0.4 is 5.32 Å². The zero-order chi connectivity index (χ0) is 10.3. The molecule has 2 heterocycles. The summed E-state index contributed by atoms with van der Waals surface area (Å²) in [5.74, 6) is 0.885. The van der Waals surface area contributed by atoms with Crippen molar-refractivity contribution in [1.82, 2.24) is 5.32 Å². The molecule has 0 spiro atoms. The van der Waals surface area contributed by atoms with Crippen molar-refractivity contribution >= 4 is 0 Å². The SMILES string of the molecule is C1COC(COCCC2CCNCC2)C1. The molecule has 0 aliphatic carbocycles. The van der Waals surface area contributed by atoms with E-state index in [1.165, 1.54) is 45.2 Å². The summed E-state index contributed by atoms with van der Waals surface area (Å²) in [4.78, 5) is 0. The van der Waals surface area contributed by atoms with Gasteiger partial charge in [-0.3, -0.25) is 0 Å². The Morgan fingerprint density at radius 1 is 1.20 bits per heavy atom. The molecule has 0 radical (unpaired) electrons. The van der Waals surface area contributed by atoms with E-state index in [1.807, 2.05) is 0 Å². The van der Waals surface area contributed by atoms with E-state index in [0.29, 0.717) is 6.10 Å². The zero-order valence-corrected chi connectivity index (χ0v) is 9.54. The Morgan fingerprint density at radius 2 is 2.07 bits per heavy atom. The summed E-state index contributed by atoms with van der Waals surface area (Å²) in [5, 5.41) is 3.39. The van der Waals surface area contributed by atoms with Crippen LogP contribution in [0.2, 0.25) is 0 Å². The average molecular weight is 213 g/mol. The molecule has 88 valence electrons. The second-order valence-corrected chi connectivity index (χ2v) is 4.69. The van der Waals surface area contributed by atoms with Crippen LogP contribution in [0.3, 0.4) is 0 Å². The van der Waals surface area contributed by atoms with Crippen LogP contribution in [0, 0.1) is 5.92 Å². The minimum absolute atomic E-state index is 0.387. The average Bonchev–Trinajstić information content (AvgIpc) is 2.79. The molecule has 1 atom stereocenters. The van der Waals surface area contributed by atoms with Crippen molar-refractivity contribution in [2.24, 2.45) is 5.92 Å². The van der Waals surface area contributed by atoms with Crippen LogP contribution in [0.25, 0.3) is 0 Å². The van der Waals surface area contributed by atoms with Gasteiger partial charge in [-0.2, -0.15) is 0 Å². The number of nitrogens with one attached hydrogen (secondary N) is 1. The van der Waals surface area contributed by atoms with Gasteiger partial charge >= 0.3 is 0 Å². The van der Waals surface area contributed by atoms with Crippen molar-refractivity contribution in [1.29, 1.82) is 0 Å². The molecule has 1 N–H and O–H groups in total. The lowest BCUT2D eigenvalue weighted by Gasteiger charge is -2.22. The highest BCUT2D eigenvalue weighted by Crippen LogP contribution is 2.16. The van der Waals surface area contributed by atoms with Crippen LogP contribution in [0.5, 0.6) is 0 Å². The second-order valence-electron chi connectivity index (χ2n) is 4.69. The topological polar surface area (TPSA) is 30.5 Å². The molecular formula is C12H23NO2. The van der Waals surface area contributed by atoms with Gasteiger partial charge in [-0.1, -0.05) is 0 Å². The maximum Gasteiger partial charge on any atom is 0.0809 e. The van der Waals surface area contributed by atoms with Gasteiger partial charge in [0.15, 0.2) is 0 Å². The number of rotatable bonds is 5. The fourth-order valence-electron chi connectivity index (χ4n) is 2.41. The van der Waals surface area contributed by atoms with Crippen LogP contribution in [0.4, 0.5) is 0 Å². The monoisotopic (exact) mass is 213 g/mol. The third-order valence-corrected chi connectivity index (χ3v) is 3.46. The Balaban J connectivity index is 1.47. The molecule has 2 rings (SSSR count). The summed E-state index contributed by atoms with van der Waals surface area (Å²) < 4.78 is 11.2. The molecule has 2 fully saturated rings. The Morgan fingerprint density at radius 3 is 2.80 bits per heavy atom. The van der Waals surface area contributed by atoms with Gasteiger partial charge in [0.2, 0.25) is 0 Å². The van der Waals surface area contributed by atoms with Gasteiger partial charge in [0.1, 0.15) is 0 Å². The van der Waals surface area contributed by atoms with Gasteiger partial charge in [0.05, 0.1) is 12.7 Å². The molecule has 0 bridgehead atoms. The standard InChI is InChI=1S/C12H23NO2/c1-2-12(15-8-1)10-14-9-5-11-3-6-13-7-4-11/h11-13H,1-10H2. The third kappa shape index (κ3) is 4.09. The smallest absolute Gasteiger partial charge is 0.0809 e. The van der Waals surface area contributed by atoms with E-state index in [9.17, 15) is 0 Å². The Kier molecular flexibility index (Phi) is 4.90. The van der Waals surface area contributed by atoms with Gasteiger partial charge in [-0.15, -0.1) is 0 Å². The van der Waals surface area contributed by atoms with E-state index in [0.717, 1.165) is 25.7 Å². The van der Waals surface area contributed by atoms with Crippen LogP contribution in [-0.4, -0.2) is 39.0 Å². The first-order chi connectivity index (χ1) is 7.45. The number of piperidine rings is 1. The molecule has 2 saturated heterocycles. The Labute approximate surface area is 92.5 Å². The van der Waals surface area contributed by atoms with Gasteiger partial charge in [0.25, 0.3) is 0 Å². The fourth-order valence-corrected chi connectivity index (χ4v) is 2.41. The highest BCUT2D eigenvalue weighted by atomic mass is 16.5. The predicted molar refractivity (Wildman–Crippen MR) is 60.0 cm³/mol.